The van der Waals surface area contributed by atoms with E-state index in [1.807, 2.05) is 0 Å². The van der Waals surface area contributed by atoms with Crippen LogP contribution in [-0.4, -0.2) is 64.4 Å². The van der Waals surface area contributed by atoms with Crippen molar-refractivity contribution < 1.29 is 17.9 Å². The van der Waals surface area contributed by atoms with Gasteiger partial charge in [-0.15, -0.1) is 0 Å². The van der Waals surface area contributed by atoms with Crippen molar-refractivity contribution in [3.63, 3.8) is 0 Å². The Balaban J connectivity index is 1.75. The maximum Gasteiger partial charge on any atom is 0.237 e. The molecule has 0 bridgehead atoms. The minimum absolute atomic E-state index is 0.0236. The Morgan fingerprint density at radius 1 is 1.38 bits per heavy atom. The zero-order valence-corrected chi connectivity index (χ0v) is 13.3. The fourth-order valence-electron chi connectivity index (χ4n) is 3.26. The Labute approximate surface area is 126 Å². The summed E-state index contributed by atoms with van der Waals surface area (Å²) in [5.74, 6) is 0.686. The molecule has 122 valence electrons. The lowest BCUT2D eigenvalue weighted by molar-refractivity contribution is -0.129. The molecule has 1 amide bonds. The number of carbonyl (C=O) groups is 1. The van der Waals surface area contributed by atoms with Crippen LogP contribution in [0.15, 0.2) is 0 Å². The second-order valence-electron chi connectivity index (χ2n) is 5.95. The smallest absolute Gasteiger partial charge is 0.237 e. The third-order valence-electron chi connectivity index (χ3n) is 4.47. The minimum atomic E-state index is -3.41. The maximum atomic E-state index is 12.1. The lowest BCUT2D eigenvalue weighted by atomic mass is 9.98. The molecule has 1 aliphatic carbocycles. The summed E-state index contributed by atoms with van der Waals surface area (Å²) in [6.07, 6.45) is 2.52. The van der Waals surface area contributed by atoms with E-state index < -0.39 is 10.0 Å². The number of rotatable bonds is 7. The fraction of sp³-hybridized carbons (Fsp3) is 0.923. The van der Waals surface area contributed by atoms with Gasteiger partial charge >= 0.3 is 0 Å². The Morgan fingerprint density at radius 3 is 2.81 bits per heavy atom. The van der Waals surface area contributed by atoms with Gasteiger partial charge in [-0.1, -0.05) is 0 Å². The number of hydrogen-bond acceptors (Lipinski definition) is 5. The van der Waals surface area contributed by atoms with Crippen LogP contribution in [-0.2, 0) is 19.6 Å². The molecule has 0 radical (unpaired) electrons. The Morgan fingerprint density at radius 2 is 2.14 bits per heavy atom. The van der Waals surface area contributed by atoms with E-state index in [1.165, 1.54) is 7.11 Å². The summed E-state index contributed by atoms with van der Waals surface area (Å²) >= 11 is 0. The highest BCUT2D eigenvalue weighted by atomic mass is 32.2. The van der Waals surface area contributed by atoms with E-state index in [2.05, 4.69) is 4.72 Å². The molecule has 3 atom stereocenters. The molecule has 1 heterocycles. The lowest BCUT2D eigenvalue weighted by Crippen LogP contribution is -2.41. The number of carbonyl (C=O) groups excluding carboxylic acids is 1. The zero-order chi connectivity index (χ0) is 15.5. The highest BCUT2D eigenvalue weighted by molar-refractivity contribution is 7.89. The Hall–Kier alpha value is -0.700. The summed E-state index contributed by atoms with van der Waals surface area (Å²) in [6, 6.07) is 0.179. The molecule has 7 nitrogen and oxygen atoms in total. The molecule has 2 fully saturated rings. The molecule has 1 aliphatic heterocycles. The summed E-state index contributed by atoms with van der Waals surface area (Å²) in [5, 5.41) is 0. The number of amides is 1. The third kappa shape index (κ3) is 4.38. The van der Waals surface area contributed by atoms with Crippen LogP contribution in [0.4, 0.5) is 0 Å². The zero-order valence-electron chi connectivity index (χ0n) is 12.5. The SMILES string of the molecule is COCCCS(=O)(=O)NCC(=O)N1CC2CCC(N)C2C1. The summed E-state index contributed by atoms with van der Waals surface area (Å²) in [5.41, 5.74) is 6.03. The number of sulfonamides is 1. The predicted octanol–water partition coefficient (Wildman–Crippen LogP) is -0.862. The summed E-state index contributed by atoms with van der Waals surface area (Å²) in [4.78, 5) is 13.8. The molecular weight excluding hydrogens is 294 g/mol. The molecule has 3 unspecified atom stereocenters. The van der Waals surface area contributed by atoms with Gasteiger partial charge in [0.25, 0.3) is 0 Å². The second-order valence-corrected chi connectivity index (χ2v) is 7.88. The summed E-state index contributed by atoms with van der Waals surface area (Å²) in [6.45, 7) is 1.60. The van der Waals surface area contributed by atoms with Gasteiger partial charge in [0.1, 0.15) is 0 Å². The van der Waals surface area contributed by atoms with Crippen molar-refractivity contribution in [2.75, 3.05) is 39.1 Å². The van der Waals surface area contributed by atoms with Crippen molar-refractivity contribution in [3.8, 4) is 0 Å². The quantitative estimate of drug-likeness (QED) is 0.595. The molecule has 2 aliphatic rings. The average molecular weight is 319 g/mol. The lowest BCUT2D eigenvalue weighted by Gasteiger charge is -2.19. The number of nitrogens with one attached hydrogen (secondary N) is 1. The number of hydrogen-bond donors (Lipinski definition) is 2. The van der Waals surface area contributed by atoms with Gasteiger partial charge in [-0.05, 0) is 31.1 Å². The van der Waals surface area contributed by atoms with Gasteiger partial charge in [-0.2, -0.15) is 0 Å². The first-order valence-corrected chi connectivity index (χ1v) is 9.08. The number of fused-ring (bicyclic) bond motifs is 1. The van der Waals surface area contributed by atoms with Crippen LogP contribution in [0.25, 0.3) is 0 Å². The van der Waals surface area contributed by atoms with Crippen molar-refractivity contribution in [2.24, 2.45) is 17.6 Å². The molecule has 2 rings (SSSR count). The van der Waals surface area contributed by atoms with Gasteiger partial charge < -0.3 is 15.4 Å². The number of methoxy groups -OCH3 is 1. The monoisotopic (exact) mass is 319 g/mol. The van der Waals surface area contributed by atoms with Crippen LogP contribution < -0.4 is 10.5 Å². The van der Waals surface area contributed by atoms with E-state index >= 15 is 0 Å². The predicted molar refractivity (Wildman–Crippen MR) is 79.1 cm³/mol. The molecule has 0 spiro atoms. The summed E-state index contributed by atoms with van der Waals surface area (Å²) in [7, 11) is -1.88. The van der Waals surface area contributed by atoms with Gasteiger partial charge in [0.05, 0.1) is 12.3 Å². The normalized spacial score (nSPS) is 28.9. The van der Waals surface area contributed by atoms with Crippen molar-refractivity contribution in [1.29, 1.82) is 0 Å². The number of ether oxygens (including phenoxy) is 1. The van der Waals surface area contributed by atoms with Crippen LogP contribution in [0.3, 0.4) is 0 Å². The number of likely N-dealkylation sites (tertiary alicyclic amines) is 1. The van der Waals surface area contributed by atoms with Crippen molar-refractivity contribution in [2.45, 2.75) is 25.3 Å². The summed E-state index contributed by atoms with van der Waals surface area (Å²) < 4.78 is 30.6. The highest BCUT2D eigenvalue weighted by Gasteiger charge is 2.42. The van der Waals surface area contributed by atoms with E-state index in [-0.39, 0.29) is 24.2 Å². The second kappa shape index (κ2) is 7.04. The van der Waals surface area contributed by atoms with Gasteiger partial charge in [-0.25, -0.2) is 13.1 Å². The largest absolute Gasteiger partial charge is 0.385 e. The fourth-order valence-corrected chi connectivity index (χ4v) is 4.25. The highest BCUT2D eigenvalue weighted by Crippen LogP contribution is 2.36. The average Bonchev–Trinajstić information content (AvgIpc) is 2.99. The molecule has 1 saturated heterocycles. The van der Waals surface area contributed by atoms with Crippen LogP contribution in [0.1, 0.15) is 19.3 Å². The standard InChI is InChI=1S/C13H25N3O4S/c1-20-5-2-6-21(18,19)15-7-13(17)16-8-10-3-4-12(14)11(10)9-16/h10-12,15H,2-9,14H2,1H3. The van der Waals surface area contributed by atoms with Gasteiger partial charge in [0, 0.05) is 32.8 Å². The molecule has 8 heteroatoms. The van der Waals surface area contributed by atoms with Crippen LogP contribution in [0.5, 0.6) is 0 Å². The molecule has 0 aromatic heterocycles. The van der Waals surface area contributed by atoms with E-state index in [1.54, 1.807) is 4.90 Å². The van der Waals surface area contributed by atoms with Crippen molar-refractivity contribution in [1.82, 2.24) is 9.62 Å². The number of nitrogens with two attached hydrogens (primary N) is 1. The van der Waals surface area contributed by atoms with E-state index in [0.29, 0.717) is 38.0 Å². The van der Waals surface area contributed by atoms with Crippen LogP contribution >= 0.6 is 0 Å². The van der Waals surface area contributed by atoms with E-state index in [4.69, 9.17) is 10.5 Å². The van der Waals surface area contributed by atoms with Gasteiger partial charge in [-0.3, -0.25) is 4.79 Å². The van der Waals surface area contributed by atoms with Crippen LogP contribution in [0, 0.1) is 11.8 Å². The molecule has 3 N–H and O–H groups in total. The van der Waals surface area contributed by atoms with E-state index in [0.717, 1.165) is 12.8 Å². The van der Waals surface area contributed by atoms with Crippen LogP contribution in [0.2, 0.25) is 0 Å². The first-order chi connectivity index (χ1) is 9.93. The molecular formula is C13H25N3O4S. The maximum absolute atomic E-state index is 12.1. The minimum Gasteiger partial charge on any atom is -0.385 e. The Bertz CT molecular complexity index is 468. The third-order valence-corrected chi connectivity index (χ3v) is 5.88. The first kappa shape index (κ1) is 16.7. The van der Waals surface area contributed by atoms with Gasteiger partial charge in [0.15, 0.2) is 0 Å². The van der Waals surface area contributed by atoms with Crippen molar-refractivity contribution in [3.05, 3.63) is 0 Å². The number of nitrogens with zero attached hydrogens (tertiary/aromatic N) is 1. The molecule has 0 aromatic rings. The molecule has 1 saturated carbocycles. The molecule has 21 heavy (non-hydrogen) atoms. The topological polar surface area (TPSA) is 102 Å². The van der Waals surface area contributed by atoms with E-state index in [9.17, 15) is 13.2 Å². The Kier molecular flexibility index (Phi) is 5.59. The van der Waals surface area contributed by atoms with Crippen molar-refractivity contribution >= 4 is 15.9 Å². The first-order valence-electron chi connectivity index (χ1n) is 7.42. The molecule has 0 aromatic carbocycles. The van der Waals surface area contributed by atoms with Gasteiger partial charge in [0.2, 0.25) is 15.9 Å².